The van der Waals surface area contributed by atoms with E-state index < -0.39 is 5.97 Å². The van der Waals surface area contributed by atoms with Crippen LogP contribution in [-0.2, 0) is 0 Å². The molecule has 1 aromatic heterocycles. The molecule has 0 saturated carbocycles. The zero-order valence-corrected chi connectivity index (χ0v) is 19.0. The third-order valence-electron chi connectivity index (χ3n) is 5.08. The highest BCUT2D eigenvalue weighted by atomic mass is 79.9. The molecule has 0 atom stereocenters. The number of hydrogen-bond donors (Lipinski definition) is 0. The van der Waals surface area contributed by atoms with Crippen molar-refractivity contribution >= 4 is 38.6 Å². The predicted octanol–water partition coefficient (Wildman–Crippen LogP) is 6.70. The van der Waals surface area contributed by atoms with E-state index in [2.05, 4.69) is 15.9 Å². The van der Waals surface area contributed by atoms with Gasteiger partial charge in [0, 0.05) is 15.4 Å². The molecule has 0 unspecified atom stereocenters. The van der Waals surface area contributed by atoms with Gasteiger partial charge in [0.15, 0.2) is 5.78 Å². The number of Topliss-reactive ketones (excluding diaryl/α,β-unsaturated/α-hetero) is 1. The molecule has 0 fully saturated rings. The molecule has 0 aliphatic heterocycles. The molecule has 4 rings (SSSR count). The highest BCUT2D eigenvalue weighted by molar-refractivity contribution is 9.10. The van der Waals surface area contributed by atoms with E-state index in [-0.39, 0.29) is 11.5 Å². The van der Waals surface area contributed by atoms with E-state index in [9.17, 15) is 9.59 Å². The Morgan fingerprint density at radius 1 is 0.903 bits per heavy atom. The van der Waals surface area contributed by atoms with Gasteiger partial charge in [0.2, 0.25) is 0 Å². The lowest BCUT2D eigenvalue weighted by Crippen LogP contribution is -2.12. The summed E-state index contributed by atoms with van der Waals surface area (Å²) < 4.78 is 6.66. The molecule has 31 heavy (non-hydrogen) atoms. The van der Waals surface area contributed by atoms with Crippen LogP contribution in [0.5, 0.6) is 5.75 Å². The number of pyridine rings is 1. The zero-order chi connectivity index (χ0) is 22.1. The smallest absolute Gasteiger partial charge is 0.344 e. The van der Waals surface area contributed by atoms with Gasteiger partial charge in [0.1, 0.15) is 5.75 Å². The molecule has 0 saturated heterocycles. The van der Waals surface area contributed by atoms with Crippen molar-refractivity contribution in [3.05, 3.63) is 93.5 Å². The SMILES string of the molecule is CC(=O)c1ccccc1OC(=O)c1cc(-c2ccc(Br)cc2)nc2c(C)cc(C)cc12. The molecule has 5 heteroatoms. The highest BCUT2D eigenvalue weighted by Crippen LogP contribution is 2.30. The second kappa shape index (κ2) is 8.44. The number of nitrogens with zero attached hydrogens (tertiary/aromatic N) is 1. The summed E-state index contributed by atoms with van der Waals surface area (Å²) in [6.45, 7) is 5.41. The number of para-hydroxylation sites is 1. The van der Waals surface area contributed by atoms with Gasteiger partial charge in [-0.25, -0.2) is 9.78 Å². The van der Waals surface area contributed by atoms with Crippen molar-refractivity contribution < 1.29 is 14.3 Å². The van der Waals surface area contributed by atoms with Crippen LogP contribution in [0.1, 0.15) is 38.8 Å². The fourth-order valence-corrected chi connectivity index (χ4v) is 3.88. The minimum absolute atomic E-state index is 0.162. The van der Waals surface area contributed by atoms with Gasteiger partial charge < -0.3 is 4.74 Å². The number of rotatable bonds is 4. The van der Waals surface area contributed by atoms with E-state index in [0.29, 0.717) is 16.8 Å². The van der Waals surface area contributed by atoms with E-state index in [0.717, 1.165) is 32.1 Å². The average Bonchev–Trinajstić information content (AvgIpc) is 2.74. The molecule has 0 bridgehead atoms. The summed E-state index contributed by atoms with van der Waals surface area (Å²) >= 11 is 3.45. The van der Waals surface area contributed by atoms with Crippen LogP contribution in [0.15, 0.2) is 71.2 Å². The normalized spacial score (nSPS) is 10.8. The molecular weight excluding hydrogens is 454 g/mol. The van der Waals surface area contributed by atoms with Gasteiger partial charge in [-0.3, -0.25) is 4.79 Å². The lowest BCUT2D eigenvalue weighted by Gasteiger charge is -2.13. The Morgan fingerprint density at radius 3 is 2.32 bits per heavy atom. The van der Waals surface area contributed by atoms with E-state index in [1.165, 1.54) is 6.92 Å². The molecule has 0 spiro atoms. The van der Waals surface area contributed by atoms with Crippen molar-refractivity contribution in [1.82, 2.24) is 4.98 Å². The summed E-state index contributed by atoms with van der Waals surface area (Å²) in [5, 5.41) is 0.726. The monoisotopic (exact) mass is 473 g/mol. The number of carbonyl (C=O) groups is 2. The second-order valence-electron chi connectivity index (χ2n) is 7.48. The molecular formula is C26H20BrNO3. The molecule has 0 radical (unpaired) electrons. The van der Waals surface area contributed by atoms with Crippen molar-refractivity contribution in [2.45, 2.75) is 20.8 Å². The number of esters is 1. The minimum atomic E-state index is -0.524. The van der Waals surface area contributed by atoms with Crippen LogP contribution in [0.25, 0.3) is 22.2 Å². The van der Waals surface area contributed by atoms with Crippen LogP contribution in [0.2, 0.25) is 0 Å². The van der Waals surface area contributed by atoms with Crippen molar-refractivity contribution in [3.63, 3.8) is 0 Å². The van der Waals surface area contributed by atoms with E-state index in [1.807, 2.05) is 50.2 Å². The summed E-state index contributed by atoms with van der Waals surface area (Å²) in [5.74, 6) is -0.436. The van der Waals surface area contributed by atoms with Crippen molar-refractivity contribution in [2.75, 3.05) is 0 Å². The second-order valence-corrected chi connectivity index (χ2v) is 8.40. The standard InChI is InChI=1S/C26H20BrNO3/c1-15-12-16(2)25-21(13-15)22(14-23(28-25)18-8-10-19(27)11-9-18)26(30)31-24-7-5-4-6-20(24)17(3)29/h4-14H,1-3H3. The van der Waals surface area contributed by atoms with Gasteiger partial charge >= 0.3 is 5.97 Å². The lowest BCUT2D eigenvalue weighted by atomic mass is 10.00. The molecule has 0 aliphatic carbocycles. The van der Waals surface area contributed by atoms with Crippen molar-refractivity contribution in [1.29, 1.82) is 0 Å². The Morgan fingerprint density at radius 2 is 1.61 bits per heavy atom. The summed E-state index contributed by atoms with van der Waals surface area (Å²) in [6, 6.07) is 20.3. The highest BCUT2D eigenvalue weighted by Gasteiger charge is 2.19. The van der Waals surface area contributed by atoms with Crippen molar-refractivity contribution in [3.8, 4) is 17.0 Å². The molecule has 154 valence electrons. The largest absolute Gasteiger partial charge is 0.422 e. The van der Waals surface area contributed by atoms with Crippen LogP contribution in [0.3, 0.4) is 0 Å². The number of halogens is 1. The first kappa shape index (κ1) is 20.9. The maximum atomic E-state index is 13.3. The van der Waals surface area contributed by atoms with Gasteiger partial charge in [-0.1, -0.05) is 51.8 Å². The molecule has 4 aromatic rings. The number of aryl methyl sites for hydroxylation is 2. The minimum Gasteiger partial charge on any atom is -0.422 e. The van der Waals surface area contributed by atoms with Crippen molar-refractivity contribution in [2.24, 2.45) is 0 Å². The van der Waals surface area contributed by atoms with Gasteiger partial charge in [0.25, 0.3) is 0 Å². The summed E-state index contributed by atoms with van der Waals surface area (Å²) in [4.78, 5) is 30.1. The first-order valence-electron chi connectivity index (χ1n) is 9.83. The molecule has 1 heterocycles. The van der Waals surface area contributed by atoms with Gasteiger partial charge in [-0.15, -0.1) is 0 Å². The first-order valence-corrected chi connectivity index (χ1v) is 10.6. The van der Waals surface area contributed by atoms with Gasteiger partial charge in [-0.05, 0) is 62.7 Å². The number of benzene rings is 3. The summed E-state index contributed by atoms with van der Waals surface area (Å²) in [5.41, 5.74) is 5.11. The van der Waals surface area contributed by atoms with Crippen LogP contribution < -0.4 is 4.74 Å². The lowest BCUT2D eigenvalue weighted by molar-refractivity contribution is 0.0735. The Hall–Kier alpha value is -3.31. The predicted molar refractivity (Wildman–Crippen MR) is 126 cm³/mol. The number of aromatic nitrogens is 1. The van der Waals surface area contributed by atoms with E-state index in [1.54, 1.807) is 30.3 Å². The van der Waals surface area contributed by atoms with Crippen LogP contribution in [0, 0.1) is 13.8 Å². The van der Waals surface area contributed by atoms with E-state index >= 15 is 0 Å². The first-order chi connectivity index (χ1) is 14.8. The maximum absolute atomic E-state index is 13.3. The maximum Gasteiger partial charge on any atom is 0.344 e. The van der Waals surface area contributed by atoms with E-state index in [4.69, 9.17) is 9.72 Å². The zero-order valence-electron chi connectivity index (χ0n) is 17.4. The molecule has 0 amide bonds. The topological polar surface area (TPSA) is 56.3 Å². The Labute approximate surface area is 189 Å². The Bertz CT molecular complexity index is 1330. The fraction of sp³-hybridized carbons (Fsp3) is 0.115. The quantitative estimate of drug-likeness (QED) is 0.188. The molecule has 0 N–H and O–H groups in total. The summed E-state index contributed by atoms with van der Waals surface area (Å²) in [7, 11) is 0. The number of ether oxygens (including phenoxy) is 1. The number of hydrogen-bond acceptors (Lipinski definition) is 4. The third kappa shape index (κ3) is 4.28. The molecule has 3 aromatic carbocycles. The number of carbonyl (C=O) groups excluding carboxylic acids is 2. The average molecular weight is 474 g/mol. The van der Waals surface area contributed by atoms with Crippen LogP contribution in [-0.4, -0.2) is 16.7 Å². The third-order valence-corrected chi connectivity index (χ3v) is 5.61. The van der Waals surface area contributed by atoms with Crippen LogP contribution >= 0.6 is 15.9 Å². The number of fused-ring (bicyclic) bond motifs is 1. The number of ketones is 1. The Kier molecular flexibility index (Phi) is 5.70. The fourth-order valence-electron chi connectivity index (χ4n) is 3.62. The van der Waals surface area contributed by atoms with Gasteiger partial charge in [0.05, 0.1) is 22.3 Å². The summed E-state index contributed by atoms with van der Waals surface area (Å²) in [6.07, 6.45) is 0. The molecule has 0 aliphatic rings. The molecule has 4 nitrogen and oxygen atoms in total. The van der Waals surface area contributed by atoms with Gasteiger partial charge in [-0.2, -0.15) is 0 Å². The Balaban J connectivity index is 1.88. The van der Waals surface area contributed by atoms with Crippen LogP contribution in [0.4, 0.5) is 0 Å².